The minimum absolute atomic E-state index is 0.163. The zero-order valence-corrected chi connectivity index (χ0v) is 20.8. The van der Waals surface area contributed by atoms with Gasteiger partial charge >= 0.3 is 0 Å². The van der Waals surface area contributed by atoms with Gasteiger partial charge in [0.15, 0.2) is 0 Å². The summed E-state index contributed by atoms with van der Waals surface area (Å²) in [6.45, 7) is 4.62. The molecule has 11 heteroatoms. The van der Waals surface area contributed by atoms with Crippen molar-refractivity contribution in [2.75, 3.05) is 64.8 Å². The van der Waals surface area contributed by atoms with Gasteiger partial charge in [-0.05, 0) is 37.4 Å². The fraction of sp³-hybridized carbons (Fsp3) is 0.423. The number of carbonyl (C=O) groups is 3. The van der Waals surface area contributed by atoms with Crippen molar-refractivity contribution < 1.29 is 28.6 Å². The van der Waals surface area contributed by atoms with Crippen LogP contribution in [0.3, 0.4) is 0 Å². The number of halogens is 1. The van der Waals surface area contributed by atoms with E-state index in [9.17, 15) is 18.8 Å². The van der Waals surface area contributed by atoms with E-state index in [-0.39, 0.29) is 31.4 Å². The molecule has 198 valence electrons. The Kier molecular flexibility index (Phi) is 8.70. The van der Waals surface area contributed by atoms with Crippen LogP contribution in [0.15, 0.2) is 36.4 Å². The molecule has 0 aliphatic carbocycles. The van der Waals surface area contributed by atoms with Crippen LogP contribution in [0.5, 0.6) is 5.75 Å². The van der Waals surface area contributed by atoms with Crippen molar-refractivity contribution in [1.82, 2.24) is 20.0 Å². The van der Waals surface area contributed by atoms with Crippen molar-refractivity contribution in [2.24, 2.45) is 0 Å². The highest BCUT2D eigenvalue weighted by Gasteiger charge is 2.30. The maximum Gasteiger partial charge on any atom is 0.255 e. The van der Waals surface area contributed by atoms with Gasteiger partial charge in [0.25, 0.3) is 11.8 Å². The number of aliphatic hydroxyl groups is 1. The molecule has 0 atom stereocenters. The second kappa shape index (κ2) is 12.1. The monoisotopic (exact) mass is 513 g/mol. The molecule has 0 spiro atoms. The number of nitrogens with one attached hydrogen (secondary N) is 2. The molecule has 0 saturated carbocycles. The lowest BCUT2D eigenvalue weighted by molar-refractivity contribution is -0.132. The van der Waals surface area contributed by atoms with Gasteiger partial charge < -0.3 is 25.0 Å². The highest BCUT2D eigenvalue weighted by atomic mass is 19.1. The number of carbonyl (C=O) groups excluding carboxylic acids is 3. The molecule has 2 aliphatic heterocycles. The summed E-state index contributed by atoms with van der Waals surface area (Å²) in [6.07, 6.45) is 0. The first-order chi connectivity index (χ1) is 17.8. The number of rotatable bonds is 10. The zero-order valence-electron chi connectivity index (χ0n) is 20.8. The van der Waals surface area contributed by atoms with E-state index in [1.54, 1.807) is 30.3 Å². The van der Waals surface area contributed by atoms with E-state index < -0.39 is 18.4 Å². The van der Waals surface area contributed by atoms with Gasteiger partial charge in [0.05, 0.1) is 0 Å². The third kappa shape index (κ3) is 6.82. The van der Waals surface area contributed by atoms with Crippen molar-refractivity contribution in [3.05, 3.63) is 58.9 Å². The molecular weight excluding hydrogens is 481 g/mol. The highest BCUT2D eigenvalue weighted by Crippen LogP contribution is 2.30. The van der Waals surface area contributed by atoms with Crippen LogP contribution in [0, 0.1) is 5.82 Å². The summed E-state index contributed by atoms with van der Waals surface area (Å²) in [5.41, 5.74) is 2.21. The first-order valence-electron chi connectivity index (χ1n) is 12.2. The number of piperazine rings is 1. The molecule has 2 aromatic rings. The standard InChI is InChI=1S/C26H32FN5O5/c1-30-7-9-31(10-8-30)11-12-37-19-5-6-22(27)18(13-19)14-28-23-4-2-3-20-21(23)15-32(26(20)36)16-24(34)29-25(35)17-33/h2-6,13,28,33H,7-12,14-17H2,1H3,(H,29,34,35). The predicted octanol–water partition coefficient (Wildman–Crippen LogP) is 0.655. The quantitative estimate of drug-likeness (QED) is 0.425. The maximum atomic E-state index is 14.5. The highest BCUT2D eigenvalue weighted by molar-refractivity contribution is 6.03. The summed E-state index contributed by atoms with van der Waals surface area (Å²) in [7, 11) is 2.11. The smallest absolute Gasteiger partial charge is 0.255 e. The molecule has 37 heavy (non-hydrogen) atoms. The molecule has 2 heterocycles. The molecule has 3 N–H and O–H groups in total. The molecule has 0 radical (unpaired) electrons. The van der Waals surface area contributed by atoms with Crippen LogP contribution in [-0.4, -0.2) is 97.1 Å². The van der Waals surface area contributed by atoms with Gasteiger partial charge in [0.2, 0.25) is 5.91 Å². The van der Waals surface area contributed by atoms with Gasteiger partial charge in [0, 0.05) is 68.2 Å². The van der Waals surface area contributed by atoms with Crippen LogP contribution >= 0.6 is 0 Å². The zero-order chi connectivity index (χ0) is 26.4. The average Bonchev–Trinajstić information content (AvgIpc) is 3.20. The Morgan fingerprint density at radius 1 is 1.11 bits per heavy atom. The Morgan fingerprint density at radius 3 is 2.65 bits per heavy atom. The summed E-state index contributed by atoms with van der Waals surface area (Å²) < 4.78 is 20.4. The van der Waals surface area contributed by atoms with E-state index in [4.69, 9.17) is 9.84 Å². The van der Waals surface area contributed by atoms with Crippen LogP contribution in [0.1, 0.15) is 21.5 Å². The molecule has 0 bridgehead atoms. The van der Waals surface area contributed by atoms with Gasteiger partial charge in [-0.15, -0.1) is 0 Å². The number of fused-ring (bicyclic) bond motifs is 1. The van der Waals surface area contributed by atoms with E-state index in [1.807, 2.05) is 5.32 Å². The van der Waals surface area contributed by atoms with Gasteiger partial charge in [-0.3, -0.25) is 24.6 Å². The Morgan fingerprint density at radius 2 is 1.89 bits per heavy atom. The Bertz CT molecular complexity index is 1150. The summed E-state index contributed by atoms with van der Waals surface area (Å²) in [4.78, 5) is 41.9. The van der Waals surface area contributed by atoms with Crippen LogP contribution in [0.25, 0.3) is 0 Å². The number of nitrogens with zero attached hydrogens (tertiary/aromatic N) is 3. The number of anilines is 1. The molecule has 2 aliphatic rings. The lowest BCUT2D eigenvalue weighted by atomic mass is 10.1. The van der Waals surface area contributed by atoms with Crippen molar-refractivity contribution in [1.29, 1.82) is 0 Å². The molecule has 1 fully saturated rings. The van der Waals surface area contributed by atoms with Gasteiger partial charge in [0.1, 0.15) is 31.3 Å². The van der Waals surface area contributed by atoms with Gasteiger partial charge in [-0.2, -0.15) is 0 Å². The third-order valence-electron chi connectivity index (χ3n) is 6.56. The number of aliphatic hydroxyl groups excluding tert-OH is 1. The summed E-state index contributed by atoms with van der Waals surface area (Å²) >= 11 is 0. The first kappa shape index (κ1) is 26.5. The number of benzene rings is 2. The van der Waals surface area contributed by atoms with Crippen LogP contribution < -0.4 is 15.4 Å². The summed E-state index contributed by atoms with van der Waals surface area (Å²) in [5, 5.41) is 14.0. The first-order valence-corrected chi connectivity index (χ1v) is 12.2. The number of hydrogen-bond donors (Lipinski definition) is 3. The number of imide groups is 1. The van der Waals surface area contributed by atoms with Crippen LogP contribution in [-0.2, 0) is 22.7 Å². The molecule has 10 nitrogen and oxygen atoms in total. The van der Waals surface area contributed by atoms with E-state index in [1.165, 1.54) is 11.0 Å². The number of hydrogen-bond acceptors (Lipinski definition) is 8. The summed E-state index contributed by atoms with van der Waals surface area (Å²) in [5.74, 6) is -1.62. The number of ether oxygens (including phenoxy) is 1. The molecular formula is C26H32FN5O5. The second-order valence-corrected chi connectivity index (χ2v) is 9.22. The average molecular weight is 514 g/mol. The van der Waals surface area contributed by atoms with Crippen LogP contribution in [0.2, 0.25) is 0 Å². The Hall–Kier alpha value is -3.54. The molecule has 0 aromatic heterocycles. The fourth-order valence-corrected chi connectivity index (χ4v) is 4.42. The fourth-order valence-electron chi connectivity index (χ4n) is 4.42. The van der Waals surface area contributed by atoms with Crippen LogP contribution in [0.4, 0.5) is 10.1 Å². The normalized spacial score (nSPS) is 16.0. The number of amides is 3. The summed E-state index contributed by atoms with van der Waals surface area (Å²) in [6, 6.07) is 9.84. The van der Waals surface area contributed by atoms with Gasteiger partial charge in [-0.1, -0.05) is 6.07 Å². The van der Waals surface area contributed by atoms with E-state index in [0.29, 0.717) is 34.7 Å². The van der Waals surface area contributed by atoms with E-state index in [2.05, 4.69) is 22.2 Å². The topological polar surface area (TPSA) is 114 Å². The Balaban J connectivity index is 1.34. The van der Waals surface area contributed by atoms with Crippen molar-refractivity contribution >= 4 is 23.4 Å². The lowest BCUT2D eigenvalue weighted by Crippen LogP contribution is -2.45. The third-order valence-corrected chi connectivity index (χ3v) is 6.56. The SMILES string of the molecule is CN1CCN(CCOc2ccc(F)c(CNc3cccc4c3CN(CC(=O)NC(=O)CO)C4=O)c2)CC1. The molecule has 3 amide bonds. The molecule has 0 unspecified atom stereocenters. The van der Waals surface area contributed by atoms with Crippen molar-refractivity contribution in [3.8, 4) is 5.75 Å². The molecule has 1 saturated heterocycles. The minimum Gasteiger partial charge on any atom is -0.492 e. The Labute approximate surface area is 215 Å². The minimum atomic E-state index is -0.830. The predicted molar refractivity (Wildman–Crippen MR) is 135 cm³/mol. The maximum absolute atomic E-state index is 14.5. The molecule has 2 aromatic carbocycles. The van der Waals surface area contributed by atoms with E-state index in [0.717, 1.165) is 32.7 Å². The van der Waals surface area contributed by atoms with Gasteiger partial charge in [-0.25, -0.2) is 4.39 Å². The van der Waals surface area contributed by atoms with E-state index >= 15 is 0 Å². The number of likely N-dealkylation sites (N-methyl/N-ethyl adjacent to an activating group) is 1. The van der Waals surface area contributed by atoms with Crippen molar-refractivity contribution in [2.45, 2.75) is 13.1 Å². The molecule has 4 rings (SSSR count). The van der Waals surface area contributed by atoms with Crippen molar-refractivity contribution in [3.63, 3.8) is 0 Å². The second-order valence-electron chi connectivity index (χ2n) is 9.22. The largest absolute Gasteiger partial charge is 0.492 e. The lowest BCUT2D eigenvalue weighted by Gasteiger charge is -2.32.